The number of hydrogen-bond donors (Lipinski definition) is 1. The Morgan fingerprint density at radius 3 is 2.81 bits per heavy atom. The minimum absolute atomic E-state index is 0.0724. The van der Waals surface area contributed by atoms with Gasteiger partial charge >= 0.3 is 0 Å². The summed E-state index contributed by atoms with van der Waals surface area (Å²) in [7, 11) is 3.82. The van der Waals surface area contributed by atoms with Crippen LogP contribution in [0, 0.1) is 5.92 Å². The highest BCUT2D eigenvalue weighted by Crippen LogP contribution is 2.35. The molecule has 2 aromatic heterocycles. The van der Waals surface area contributed by atoms with E-state index in [1.165, 1.54) is 16.4 Å². The van der Waals surface area contributed by atoms with Crippen molar-refractivity contribution in [3.63, 3.8) is 0 Å². The number of nitrogens with zero attached hydrogens (tertiary/aromatic N) is 3. The molecule has 32 heavy (non-hydrogen) atoms. The normalized spacial score (nSPS) is 15.7. The van der Waals surface area contributed by atoms with Crippen LogP contribution in [0.2, 0.25) is 0 Å². The number of rotatable bonds is 6. The molecule has 168 valence electrons. The van der Waals surface area contributed by atoms with Crippen molar-refractivity contribution in [2.45, 2.75) is 46.2 Å². The van der Waals surface area contributed by atoms with Gasteiger partial charge in [-0.1, -0.05) is 19.1 Å². The Morgan fingerprint density at radius 2 is 2.09 bits per heavy atom. The molecule has 0 aliphatic heterocycles. The van der Waals surface area contributed by atoms with Gasteiger partial charge in [0.2, 0.25) is 5.91 Å². The van der Waals surface area contributed by atoms with Gasteiger partial charge in [-0.05, 0) is 63.9 Å². The summed E-state index contributed by atoms with van der Waals surface area (Å²) < 4.78 is 1.50. The van der Waals surface area contributed by atoms with Gasteiger partial charge in [-0.15, -0.1) is 11.3 Å². The van der Waals surface area contributed by atoms with E-state index in [0.717, 1.165) is 29.7 Å². The van der Waals surface area contributed by atoms with E-state index in [1.54, 1.807) is 35.6 Å². The molecule has 2 heterocycles. The van der Waals surface area contributed by atoms with Crippen LogP contribution in [-0.4, -0.2) is 40.2 Å². The number of benzene rings is 1. The Kier molecular flexibility index (Phi) is 6.26. The summed E-state index contributed by atoms with van der Waals surface area (Å²) >= 11 is 1.62. The number of carbonyl (C=O) groups is 2. The average molecular weight is 453 g/mol. The van der Waals surface area contributed by atoms with Crippen LogP contribution in [0.3, 0.4) is 0 Å². The number of aromatic nitrogens is 2. The fourth-order valence-corrected chi connectivity index (χ4v) is 5.58. The fraction of sp³-hybridized carbons (Fsp3) is 0.417. The Labute approximate surface area is 191 Å². The molecular weight excluding hydrogens is 424 g/mol. The quantitative estimate of drug-likeness (QED) is 0.579. The molecule has 0 saturated heterocycles. The van der Waals surface area contributed by atoms with Crippen molar-refractivity contribution in [3.05, 3.63) is 56.4 Å². The van der Waals surface area contributed by atoms with E-state index < -0.39 is 0 Å². The van der Waals surface area contributed by atoms with Crippen molar-refractivity contribution in [2.75, 3.05) is 19.4 Å². The molecule has 1 aromatic carbocycles. The molecule has 0 spiro atoms. The highest BCUT2D eigenvalue weighted by Gasteiger charge is 2.25. The first-order chi connectivity index (χ1) is 15.2. The van der Waals surface area contributed by atoms with Crippen molar-refractivity contribution in [1.82, 2.24) is 14.5 Å². The summed E-state index contributed by atoms with van der Waals surface area (Å²) in [6, 6.07) is 6.80. The zero-order chi connectivity index (χ0) is 23.0. The standard InChI is InChI=1S/C24H28N4O3S/c1-14-8-9-18-19(10-14)32-23-22(18)24(31)28(20(26-23)12-27(3)4)13-21(30)25-17-7-5-6-16(11-17)15(2)29/h5-7,11,14H,8-10,12-13H2,1-4H3,(H,25,30). The maximum atomic E-state index is 13.6. The van der Waals surface area contributed by atoms with E-state index in [1.807, 2.05) is 19.0 Å². The lowest BCUT2D eigenvalue weighted by molar-refractivity contribution is -0.116. The van der Waals surface area contributed by atoms with Crippen LogP contribution in [0.1, 0.15) is 46.9 Å². The number of carbonyl (C=O) groups excluding carboxylic acids is 2. The Bertz CT molecular complexity index is 1260. The number of ketones is 1. The van der Waals surface area contributed by atoms with Crippen LogP contribution in [0.5, 0.6) is 0 Å². The maximum Gasteiger partial charge on any atom is 0.263 e. The highest BCUT2D eigenvalue weighted by atomic mass is 32.1. The zero-order valence-corrected chi connectivity index (χ0v) is 19.7. The number of fused-ring (bicyclic) bond motifs is 3. The van der Waals surface area contributed by atoms with Crippen LogP contribution >= 0.6 is 11.3 Å². The Balaban J connectivity index is 1.71. The van der Waals surface area contributed by atoms with Crippen LogP contribution in [0.15, 0.2) is 29.1 Å². The molecule has 1 atom stereocenters. The SMILES string of the molecule is CC(=O)c1cccc(NC(=O)Cn2c(CN(C)C)nc3sc4c(c3c2=O)CCC(C)C4)c1. The Hall–Kier alpha value is -2.84. The number of nitrogens with one attached hydrogen (secondary N) is 1. The van der Waals surface area contributed by atoms with Crippen LogP contribution < -0.4 is 10.9 Å². The van der Waals surface area contributed by atoms with E-state index in [4.69, 9.17) is 4.98 Å². The van der Waals surface area contributed by atoms with Crippen molar-refractivity contribution in [2.24, 2.45) is 5.92 Å². The number of hydrogen-bond acceptors (Lipinski definition) is 6. The third-order valence-electron chi connectivity index (χ3n) is 5.81. The summed E-state index contributed by atoms with van der Waals surface area (Å²) in [5.74, 6) is 0.783. The highest BCUT2D eigenvalue weighted by molar-refractivity contribution is 7.18. The monoisotopic (exact) mass is 452 g/mol. The van der Waals surface area contributed by atoms with E-state index in [-0.39, 0.29) is 23.8 Å². The van der Waals surface area contributed by atoms with Gasteiger partial charge < -0.3 is 10.2 Å². The van der Waals surface area contributed by atoms with E-state index in [0.29, 0.717) is 34.9 Å². The number of thiophene rings is 1. The van der Waals surface area contributed by atoms with Gasteiger partial charge in [0, 0.05) is 16.1 Å². The predicted octanol–water partition coefficient (Wildman–Crippen LogP) is 3.49. The van der Waals surface area contributed by atoms with Crippen molar-refractivity contribution in [3.8, 4) is 0 Å². The van der Waals surface area contributed by atoms with Crippen LogP contribution in [0.25, 0.3) is 10.2 Å². The first-order valence-corrected chi connectivity index (χ1v) is 11.6. The molecular formula is C24H28N4O3S. The largest absolute Gasteiger partial charge is 0.325 e. The molecule has 8 heteroatoms. The number of aryl methyl sites for hydroxylation is 1. The molecule has 7 nitrogen and oxygen atoms in total. The van der Waals surface area contributed by atoms with Gasteiger partial charge in [0.1, 0.15) is 17.2 Å². The molecule has 0 bridgehead atoms. The van der Waals surface area contributed by atoms with Gasteiger partial charge in [-0.3, -0.25) is 19.0 Å². The predicted molar refractivity (Wildman–Crippen MR) is 128 cm³/mol. The fourth-order valence-electron chi connectivity index (χ4n) is 4.19. The summed E-state index contributed by atoms with van der Waals surface area (Å²) in [4.78, 5) is 46.8. The molecule has 4 rings (SSSR count). The molecule has 1 aliphatic rings. The lowest BCUT2D eigenvalue weighted by Gasteiger charge is -2.18. The van der Waals surface area contributed by atoms with E-state index in [2.05, 4.69) is 12.2 Å². The number of anilines is 1. The second kappa shape index (κ2) is 8.96. The molecule has 1 amide bonds. The lowest BCUT2D eigenvalue weighted by atomic mass is 9.89. The molecule has 0 fully saturated rings. The van der Waals surface area contributed by atoms with Crippen molar-refractivity contribution >= 4 is 38.9 Å². The topological polar surface area (TPSA) is 84.3 Å². The zero-order valence-electron chi connectivity index (χ0n) is 18.9. The third kappa shape index (κ3) is 4.52. The van der Waals surface area contributed by atoms with Gasteiger partial charge in [0.25, 0.3) is 5.56 Å². The molecule has 3 aromatic rings. The number of Topliss-reactive ketones (excluding diaryl/α,β-unsaturated/α-hetero) is 1. The van der Waals surface area contributed by atoms with Gasteiger partial charge in [0.05, 0.1) is 11.9 Å². The van der Waals surface area contributed by atoms with Crippen molar-refractivity contribution in [1.29, 1.82) is 0 Å². The van der Waals surface area contributed by atoms with Gasteiger partial charge in [-0.25, -0.2) is 4.98 Å². The Morgan fingerprint density at radius 1 is 1.31 bits per heavy atom. The van der Waals surface area contributed by atoms with Gasteiger partial charge in [0.15, 0.2) is 5.78 Å². The molecule has 1 unspecified atom stereocenters. The minimum Gasteiger partial charge on any atom is -0.325 e. The number of amides is 1. The van der Waals surface area contributed by atoms with E-state index >= 15 is 0 Å². The first-order valence-electron chi connectivity index (χ1n) is 10.8. The molecule has 1 N–H and O–H groups in total. The second-order valence-electron chi connectivity index (χ2n) is 8.87. The first kappa shape index (κ1) is 22.4. The summed E-state index contributed by atoms with van der Waals surface area (Å²) in [6.45, 7) is 4.05. The molecule has 1 aliphatic carbocycles. The maximum absolute atomic E-state index is 13.6. The molecule has 0 radical (unpaired) electrons. The summed E-state index contributed by atoms with van der Waals surface area (Å²) in [6.07, 6.45) is 2.92. The average Bonchev–Trinajstić information content (AvgIpc) is 3.07. The smallest absolute Gasteiger partial charge is 0.263 e. The molecule has 0 saturated carbocycles. The summed E-state index contributed by atoms with van der Waals surface area (Å²) in [5, 5.41) is 3.49. The van der Waals surface area contributed by atoms with Crippen LogP contribution in [0.4, 0.5) is 5.69 Å². The second-order valence-corrected chi connectivity index (χ2v) is 9.96. The van der Waals surface area contributed by atoms with E-state index in [9.17, 15) is 14.4 Å². The lowest BCUT2D eigenvalue weighted by Crippen LogP contribution is -2.33. The summed E-state index contributed by atoms with van der Waals surface area (Å²) in [5.41, 5.74) is 2.02. The van der Waals surface area contributed by atoms with Crippen molar-refractivity contribution < 1.29 is 9.59 Å². The van der Waals surface area contributed by atoms with Gasteiger partial charge in [-0.2, -0.15) is 0 Å². The minimum atomic E-state index is -0.327. The third-order valence-corrected chi connectivity index (χ3v) is 6.95. The van der Waals surface area contributed by atoms with Crippen LogP contribution in [-0.2, 0) is 30.7 Å².